The van der Waals surface area contributed by atoms with Crippen LogP contribution in [0, 0.1) is 35.0 Å². The van der Waals surface area contributed by atoms with Crippen LogP contribution < -0.4 is 0 Å². The average molecular weight is 388 g/mol. The van der Waals surface area contributed by atoms with E-state index in [1.54, 1.807) is 11.1 Å². The lowest BCUT2D eigenvalue weighted by atomic mass is 9.42. The highest BCUT2D eigenvalue weighted by molar-refractivity contribution is 5.89. The lowest BCUT2D eigenvalue weighted by Gasteiger charge is -2.61. The SMILES string of the molecule is N#Cc1cccc(-c2cccc3c2C2(c4ccccc4-3)C3CC4CC(C3)CC2C4)c1. The van der Waals surface area contributed by atoms with Crippen LogP contribution in [0.3, 0.4) is 0 Å². The van der Waals surface area contributed by atoms with Gasteiger partial charge in [0.25, 0.3) is 0 Å². The Hall–Kier alpha value is -2.85. The molecule has 0 radical (unpaired) electrons. The van der Waals surface area contributed by atoms with Crippen molar-refractivity contribution in [1.82, 2.24) is 0 Å². The van der Waals surface area contributed by atoms with Gasteiger partial charge in [-0.2, -0.15) is 5.26 Å². The van der Waals surface area contributed by atoms with Gasteiger partial charge in [0.2, 0.25) is 0 Å². The van der Waals surface area contributed by atoms with Crippen LogP contribution in [0.4, 0.5) is 0 Å². The van der Waals surface area contributed by atoms with E-state index in [0.717, 1.165) is 29.2 Å². The molecule has 3 aromatic carbocycles. The van der Waals surface area contributed by atoms with Crippen molar-refractivity contribution in [2.24, 2.45) is 23.7 Å². The summed E-state index contributed by atoms with van der Waals surface area (Å²) in [5.41, 5.74) is 9.54. The summed E-state index contributed by atoms with van der Waals surface area (Å²) in [5, 5.41) is 9.50. The van der Waals surface area contributed by atoms with Gasteiger partial charge in [0, 0.05) is 5.41 Å². The van der Waals surface area contributed by atoms with Crippen molar-refractivity contribution in [3.05, 3.63) is 83.4 Å². The molecule has 146 valence electrons. The van der Waals surface area contributed by atoms with Crippen molar-refractivity contribution in [2.45, 2.75) is 37.5 Å². The maximum Gasteiger partial charge on any atom is 0.0991 e. The van der Waals surface area contributed by atoms with Gasteiger partial charge in [-0.3, -0.25) is 0 Å². The van der Waals surface area contributed by atoms with Crippen LogP contribution in [-0.4, -0.2) is 0 Å². The Morgan fingerprint density at radius 3 is 2.13 bits per heavy atom. The average Bonchev–Trinajstić information content (AvgIpc) is 3.08. The highest BCUT2D eigenvalue weighted by atomic mass is 14.6. The molecule has 0 amide bonds. The van der Waals surface area contributed by atoms with Gasteiger partial charge >= 0.3 is 0 Å². The Bertz CT molecular complexity index is 1200. The third-order valence-electron chi connectivity index (χ3n) is 8.87. The van der Waals surface area contributed by atoms with Gasteiger partial charge in [0.15, 0.2) is 0 Å². The van der Waals surface area contributed by atoms with Crippen molar-refractivity contribution in [3.8, 4) is 28.3 Å². The normalized spacial score (nSPS) is 32.1. The summed E-state index contributed by atoms with van der Waals surface area (Å²) in [6.45, 7) is 0. The fraction of sp³-hybridized carbons (Fsp3) is 0.345. The zero-order valence-electron chi connectivity index (χ0n) is 17.1. The fourth-order valence-corrected chi connectivity index (χ4v) is 8.21. The van der Waals surface area contributed by atoms with E-state index in [1.807, 2.05) is 12.1 Å². The first-order valence-electron chi connectivity index (χ1n) is 11.5. The Balaban J connectivity index is 1.55. The summed E-state index contributed by atoms with van der Waals surface area (Å²) in [5.74, 6) is 3.42. The van der Waals surface area contributed by atoms with Crippen molar-refractivity contribution in [2.75, 3.05) is 0 Å². The minimum absolute atomic E-state index is 0.165. The quantitative estimate of drug-likeness (QED) is 0.443. The Morgan fingerprint density at radius 1 is 0.700 bits per heavy atom. The van der Waals surface area contributed by atoms with Crippen LogP contribution in [0.5, 0.6) is 0 Å². The third kappa shape index (κ3) is 1.98. The zero-order chi connectivity index (χ0) is 19.9. The molecule has 5 aliphatic rings. The minimum Gasteiger partial charge on any atom is -0.192 e. The van der Waals surface area contributed by atoms with Gasteiger partial charge in [0.1, 0.15) is 0 Å². The third-order valence-corrected chi connectivity index (χ3v) is 8.87. The molecule has 3 aromatic rings. The lowest BCUT2D eigenvalue weighted by Crippen LogP contribution is -2.55. The van der Waals surface area contributed by atoms with Crippen molar-refractivity contribution in [3.63, 3.8) is 0 Å². The van der Waals surface area contributed by atoms with E-state index >= 15 is 0 Å². The van der Waals surface area contributed by atoms with Gasteiger partial charge in [-0.25, -0.2) is 0 Å². The lowest BCUT2D eigenvalue weighted by molar-refractivity contribution is -0.0397. The van der Waals surface area contributed by atoms with Crippen LogP contribution in [-0.2, 0) is 5.41 Å². The van der Waals surface area contributed by atoms with E-state index in [4.69, 9.17) is 0 Å². The number of hydrogen-bond donors (Lipinski definition) is 0. The second kappa shape index (κ2) is 5.86. The molecule has 1 spiro atoms. The zero-order valence-corrected chi connectivity index (χ0v) is 17.1. The Morgan fingerprint density at radius 2 is 1.37 bits per heavy atom. The summed E-state index contributed by atoms with van der Waals surface area (Å²) in [6, 6.07) is 26.7. The Kier molecular flexibility index (Phi) is 3.30. The first-order valence-corrected chi connectivity index (χ1v) is 11.5. The maximum absolute atomic E-state index is 9.50. The van der Waals surface area contributed by atoms with E-state index in [9.17, 15) is 5.26 Å². The van der Waals surface area contributed by atoms with Gasteiger partial charge in [-0.15, -0.1) is 0 Å². The van der Waals surface area contributed by atoms with Crippen molar-refractivity contribution >= 4 is 0 Å². The topological polar surface area (TPSA) is 23.8 Å². The predicted octanol–water partition coefficient (Wildman–Crippen LogP) is 6.95. The van der Waals surface area contributed by atoms with Crippen molar-refractivity contribution in [1.29, 1.82) is 5.26 Å². The number of nitriles is 1. The molecule has 1 nitrogen and oxygen atoms in total. The molecule has 0 aromatic heterocycles. The molecule has 0 aliphatic heterocycles. The molecular weight excluding hydrogens is 362 g/mol. The highest BCUT2D eigenvalue weighted by Gasteiger charge is 2.62. The number of rotatable bonds is 1. The summed E-state index contributed by atoms with van der Waals surface area (Å²) in [4.78, 5) is 0. The molecule has 0 atom stereocenters. The van der Waals surface area contributed by atoms with Crippen LogP contribution in [0.1, 0.15) is 48.8 Å². The maximum atomic E-state index is 9.50. The molecule has 0 unspecified atom stereocenters. The highest BCUT2D eigenvalue weighted by Crippen LogP contribution is 2.70. The monoisotopic (exact) mass is 387 g/mol. The smallest absolute Gasteiger partial charge is 0.0991 e. The first-order chi connectivity index (χ1) is 14.8. The molecular formula is C29H25N. The van der Waals surface area contributed by atoms with E-state index in [1.165, 1.54) is 54.4 Å². The van der Waals surface area contributed by atoms with Crippen LogP contribution in [0.25, 0.3) is 22.3 Å². The first kappa shape index (κ1) is 16.9. The summed E-state index contributed by atoms with van der Waals surface area (Å²) in [6.07, 6.45) is 7.06. The molecule has 0 N–H and O–H groups in total. The van der Waals surface area contributed by atoms with Crippen LogP contribution in [0.2, 0.25) is 0 Å². The van der Waals surface area contributed by atoms with E-state index in [-0.39, 0.29) is 5.41 Å². The summed E-state index contributed by atoms with van der Waals surface area (Å²) < 4.78 is 0. The molecule has 4 saturated carbocycles. The van der Waals surface area contributed by atoms with Gasteiger partial charge in [-0.1, -0.05) is 54.6 Å². The second-order valence-electron chi connectivity index (χ2n) is 10.1. The number of nitrogens with zero attached hydrogens (tertiary/aromatic N) is 1. The molecule has 0 saturated heterocycles. The number of hydrogen-bond acceptors (Lipinski definition) is 1. The largest absolute Gasteiger partial charge is 0.192 e. The number of benzene rings is 3. The molecule has 4 bridgehead atoms. The number of fused-ring (bicyclic) bond motifs is 3. The fourth-order valence-electron chi connectivity index (χ4n) is 8.21. The van der Waals surface area contributed by atoms with Crippen LogP contribution in [0.15, 0.2) is 66.7 Å². The summed E-state index contributed by atoms with van der Waals surface area (Å²) >= 11 is 0. The predicted molar refractivity (Wildman–Crippen MR) is 120 cm³/mol. The minimum atomic E-state index is 0.165. The molecule has 8 rings (SSSR count). The molecule has 4 fully saturated rings. The van der Waals surface area contributed by atoms with E-state index in [2.05, 4.69) is 60.7 Å². The molecule has 30 heavy (non-hydrogen) atoms. The summed E-state index contributed by atoms with van der Waals surface area (Å²) in [7, 11) is 0. The van der Waals surface area contributed by atoms with E-state index in [0.29, 0.717) is 0 Å². The standard InChI is InChI=1S/C29H25N/c30-17-18-5-3-6-21(12-18)24-8-4-9-26-25-7-1-2-10-27(25)29(28(24)26)22-13-19-11-20(15-22)16-23(29)14-19/h1-10,12,19-20,22-23H,11,13-16H2. The molecule has 5 aliphatic carbocycles. The van der Waals surface area contributed by atoms with Gasteiger partial charge in [0.05, 0.1) is 11.6 Å². The Labute approximate surface area is 178 Å². The van der Waals surface area contributed by atoms with Gasteiger partial charge < -0.3 is 0 Å². The molecule has 1 heteroatoms. The van der Waals surface area contributed by atoms with E-state index < -0.39 is 0 Å². The van der Waals surface area contributed by atoms with Gasteiger partial charge in [-0.05, 0) is 101 Å². The van der Waals surface area contributed by atoms with Crippen molar-refractivity contribution < 1.29 is 0 Å². The van der Waals surface area contributed by atoms with Crippen LogP contribution >= 0.6 is 0 Å². The molecule has 0 heterocycles. The second-order valence-corrected chi connectivity index (χ2v) is 10.1.